The first kappa shape index (κ1) is 26.3. The number of nitrogens with one attached hydrogen (secondary N) is 1. The van der Waals surface area contributed by atoms with Crippen LogP contribution in [-0.2, 0) is 26.2 Å². The summed E-state index contributed by atoms with van der Waals surface area (Å²) in [6.45, 7) is 4.07. The molecule has 2 saturated carbocycles. The van der Waals surface area contributed by atoms with Gasteiger partial charge in [-0.25, -0.2) is 0 Å². The number of esters is 1. The van der Waals surface area contributed by atoms with Gasteiger partial charge in [0.2, 0.25) is 5.91 Å². The van der Waals surface area contributed by atoms with Crippen molar-refractivity contribution >= 4 is 35.1 Å². The monoisotopic (exact) mass is 544 g/mol. The molecule has 1 amide bonds. The summed E-state index contributed by atoms with van der Waals surface area (Å²) in [6.07, 6.45) is 5.50. The van der Waals surface area contributed by atoms with Gasteiger partial charge >= 0.3 is 5.97 Å². The van der Waals surface area contributed by atoms with Gasteiger partial charge in [0.25, 0.3) is 0 Å². The summed E-state index contributed by atoms with van der Waals surface area (Å²) in [4.78, 5) is 28.0. The van der Waals surface area contributed by atoms with Crippen LogP contribution in [0.3, 0.4) is 0 Å². The number of carbonyl (C=O) groups is 2. The van der Waals surface area contributed by atoms with E-state index in [1.165, 1.54) is 19.8 Å². The molecule has 3 aliphatic rings. The van der Waals surface area contributed by atoms with E-state index in [9.17, 15) is 14.7 Å². The van der Waals surface area contributed by atoms with Crippen molar-refractivity contribution < 1.29 is 19.4 Å². The highest BCUT2D eigenvalue weighted by atomic mass is 35.5. The van der Waals surface area contributed by atoms with Gasteiger partial charge in [-0.3, -0.25) is 14.5 Å². The highest BCUT2D eigenvalue weighted by Gasteiger charge is 2.61. The summed E-state index contributed by atoms with van der Waals surface area (Å²) in [6, 6.07) is 12.5. The van der Waals surface area contributed by atoms with Gasteiger partial charge in [0.05, 0.1) is 16.5 Å². The Bertz CT molecular complexity index is 1190. The number of phenols is 1. The summed E-state index contributed by atoms with van der Waals surface area (Å²) in [5.41, 5.74) is 0.526. The minimum Gasteiger partial charge on any atom is -0.508 e. The molecule has 3 atom stereocenters. The van der Waals surface area contributed by atoms with E-state index in [-0.39, 0.29) is 30.1 Å². The second-order valence-corrected chi connectivity index (χ2v) is 11.9. The van der Waals surface area contributed by atoms with Gasteiger partial charge in [0.15, 0.2) is 0 Å². The molecule has 6 nitrogen and oxygen atoms in total. The van der Waals surface area contributed by atoms with Crippen LogP contribution < -0.4 is 5.32 Å². The fraction of sp³-hybridized carbons (Fsp3) is 0.517. The van der Waals surface area contributed by atoms with Crippen molar-refractivity contribution in [3.05, 3.63) is 63.6 Å². The van der Waals surface area contributed by atoms with E-state index in [2.05, 4.69) is 10.2 Å². The summed E-state index contributed by atoms with van der Waals surface area (Å²) in [7, 11) is 0. The standard InChI is InChI=1S/C29H34Cl2N2O4/c1-19(34)37-29-10-9-23(32-27(36)14-21-7-8-25(30)26(31)13-21)16-28(29,22-3-2-4-24(35)15-22)11-12-33(18-29)17-20-5-6-20/h2-4,7-8,13,15,20,23,35H,5-6,9-12,14,16-18H2,1H3,(H,32,36)/t23-,28-,29-/m0/s1. The van der Waals surface area contributed by atoms with Gasteiger partial charge in [-0.15, -0.1) is 0 Å². The molecule has 0 aromatic heterocycles. The van der Waals surface area contributed by atoms with E-state index < -0.39 is 11.0 Å². The Balaban J connectivity index is 1.42. The number of hydrogen-bond acceptors (Lipinski definition) is 5. The summed E-state index contributed by atoms with van der Waals surface area (Å²) >= 11 is 12.2. The highest BCUT2D eigenvalue weighted by molar-refractivity contribution is 6.42. The molecule has 2 aromatic rings. The molecule has 8 heteroatoms. The highest BCUT2D eigenvalue weighted by Crippen LogP contribution is 2.54. The fourth-order valence-corrected chi connectivity index (χ4v) is 6.87. The van der Waals surface area contributed by atoms with E-state index in [1.54, 1.807) is 24.3 Å². The lowest BCUT2D eigenvalue weighted by Crippen LogP contribution is -2.68. The molecule has 2 aromatic carbocycles. The number of rotatable bonds is 7. The van der Waals surface area contributed by atoms with E-state index >= 15 is 0 Å². The number of amides is 1. The van der Waals surface area contributed by atoms with E-state index in [4.69, 9.17) is 27.9 Å². The molecule has 0 spiro atoms. The van der Waals surface area contributed by atoms with Crippen LogP contribution in [0.5, 0.6) is 5.75 Å². The first-order chi connectivity index (χ1) is 17.7. The number of carbonyl (C=O) groups excluding carboxylic acids is 2. The van der Waals surface area contributed by atoms with Gasteiger partial charge in [0, 0.05) is 31.5 Å². The molecule has 5 rings (SSSR count). The van der Waals surface area contributed by atoms with Gasteiger partial charge in [-0.05, 0) is 86.4 Å². The van der Waals surface area contributed by atoms with Gasteiger partial charge in [-0.1, -0.05) is 41.4 Å². The predicted molar refractivity (Wildman–Crippen MR) is 144 cm³/mol. The zero-order valence-corrected chi connectivity index (χ0v) is 22.7. The molecule has 0 unspecified atom stereocenters. The molecular formula is C29H34Cl2N2O4. The van der Waals surface area contributed by atoms with Crippen molar-refractivity contribution in [1.29, 1.82) is 0 Å². The molecule has 1 saturated heterocycles. The van der Waals surface area contributed by atoms with Crippen molar-refractivity contribution in [2.45, 2.75) is 68.9 Å². The molecule has 37 heavy (non-hydrogen) atoms. The maximum Gasteiger partial charge on any atom is 0.303 e. The van der Waals surface area contributed by atoms with Gasteiger partial charge < -0.3 is 15.2 Å². The number of ether oxygens (including phenoxy) is 1. The Labute approximate surface area is 228 Å². The Morgan fingerprint density at radius 1 is 1.11 bits per heavy atom. The Hall–Kier alpha value is -2.28. The third-order valence-electron chi connectivity index (χ3n) is 8.36. The van der Waals surface area contributed by atoms with Gasteiger partial charge in [-0.2, -0.15) is 0 Å². The molecule has 1 aliphatic heterocycles. The van der Waals surface area contributed by atoms with Crippen molar-refractivity contribution in [2.24, 2.45) is 5.92 Å². The average Bonchev–Trinajstić information content (AvgIpc) is 3.65. The quantitative estimate of drug-likeness (QED) is 0.464. The normalized spacial score (nSPS) is 27.8. The van der Waals surface area contributed by atoms with Crippen molar-refractivity contribution in [3.8, 4) is 5.75 Å². The topological polar surface area (TPSA) is 78.9 Å². The number of halogens is 2. The van der Waals surface area contributed by atoms with Crippen LogP contribution >= 0.6 is 23.2 Å². The van der Waals surface area contributed by atoms with E-state index in [0.717, 1.165) is 36.6 Å². The first-order valence-corrected chi connectivity index (χ1v) is 13.9. The Morgan fingerprint density at radius 3 is 2.62 bits per heavy atom. The SMILES string of the molecule is CC(=O)O[C@]12CC[C@H](NC(=O)Cc3ccc(Cl)c(Cl)c3)C[C@]1(c1cccc(O)c1)CCN(CC1CC1)C2. The van der Waals surface area contributed by atoms with Crippen LogP contribution in [0.1, 0.15) is 56.6 Å². The minimum absolute atomic E-state index is 0.0828. The predicted octanol–water partition coefficient (Wildman–Crippen LogP) is 5.27. The Kier molecular flexibility index (Phi) is 7.45. The first-order valence-electron chi connectivity index (χ1n) is 13.1. The number of likely N-dealkylation sites (tertiary alicyclic amines) is 1. The number of nitrogens with zero attached hydrogens (tertiary/aromatic N) is 1. The molecule has 0 radical (unpaired) electrons. The van der Waals surface area contributed by atoms with Crippen LogP contribution in [0.4, 0.5) is 0 Å². The number of fused-ring (bicyclic) bond motifs is 1. The smallest absolute Gasteiger partial charge is 0.303 e. The summed E-state index contributed by atoms with van der Waals surface area (Å²) < 4.78 is 6.28. The molecular weight excluding hydrogens is 511 g/mol. The van der Waals surface area contributed by atoms with Crippen molar-refractivity contribution in [2.75, 3.05) is 19.6 Å². The van der Waals surface area contributed by atoms with Crippen LogP contribution in [0, 0.1) is 5.92 Å². The molecule has 2 aliphatic carbocycles. The van der Waals surface area contributed by atoms with Crippen molar-refractivity contribution in [3.63, 3.8) is 0 Å². The van der Waals surface area contributed by atoms with Crippen LogP contribution in [0.2, 0.25) is 10.0 Å². The maximum atomic E-state index is 13.0. The number of benzene rings is 2. The fourth-order valence-electron chi connectivity index (χ4n) is 6.55. The lowest BCUT2D eigenvalue weighted by atomic mass is 9.55. The third-order valence-corrected chi connectivity index (χ3v) is 9.10. The van der Waals surface area contributed by atoms with Crippen LogP contribution in [-0.4, -0.2) is 53.2 Å². The second-order valence-electron chi connectivity index (χ2n) is 11.1. The number of aromatic hydroxyl groups is 1. The number of phenolic OH excluding ortho intramolecular Hbond substituents is 1. The Morgan fingerprint density at radius 2 is 1.92 bits per heavy atom. The lowest BCUT2D eigenvalue weighted by molar-refractivity contribution is -0.187. The lowest BCUT2D eigenvalue weighted by Gasteiger charge is -2.59. The molecule has 1 heterocycles. The number of hydrogen-bond donors (Lipinski definition) is 2. The van der Waals surface area contributed by atoms with E-state index in [1.807, 2.05) is 18.2 Å². The van der Waals surface area contributed by atoms with Crippen LogP contribution in [0.25, 0.3) is 0 Å². The van der Waals surface area contributed by atoms with Crippen LogP contribution in [0.15, 0.2) is 42.5 Å². The maximum absolute atomic E-state index is 13.0. The molecule has 3 fully saturated rings. The average molecular weight is 546 g/mol. The second kappa shape index (κ2) is 10.5. The summed E-state index contributed by atoms with van der Waals surface area (Å²) in [5.74, 6) is 0.551. The molecule has 198 valence electrons. The zero-order valence-electron chi connectivity index (χ0n) is 21.1. The largest absolute Gasteiger partial charge is 0.508 e. The number of piperidine rings is 1. The zero-order chi connectivity index (χ0) is 26.2. The third kappa shape index (κ3) is 5.62. The molecule has 2 N–H and O–H groups in total. The van der Waals surface area contributed by atoms with Crippen molar-refractivity contribution in [1.82, 2.24) is 10.2 Å². The van der Waals surface area contributed by atoms with Gasteiger partial charge in [0.1, 0.15) is 11.4 Å². The molecule has 0 bridgehead atoms. The van der Waals surface area contributed by atoms with E-state index in [0.29, 0.717) is 35.9 Å². The summed E-state index contributed by atoms with van der Waals surface area (Å²) in [5, 5.41) is 14.5. The minimum atomic E-state index is -0.718.